The Hall–Kier alpha value is -3.74. The number of carbonyl (C=O) groups excluding carboxylic acids is 4. The van der Waals surface area contributed by atoms with E-state index in [1.165, 1.54) is 13.8 Å². The molecule has 0 aromatic heterocycles. The van der Waals surface area contributed by atoms with E-state index in [4.69, 9.17) is 14.2 Å². The maximum Gasteiger partial charge on any atom is 0.335 e. The van der Waals surface area contributed by atoms with Gasteiger partial charge >= 0.3 is 11.9 Å². The number of ether oxygens (including phenoxy) is 3. The summed E-state index contributed by atoms with van der Waals surface area (Å²) in [6.07, 6.45) is -7.63. The van der Waals surface area contributed by atoms with Crippen LogP contribution in [0.5, 0.6) is 0 Å². The first-order valence-corrected chi connectivity index (χ1v) is 17.1. The number of ketones is 2. The van der Waals surface area contributed by atoms with Gasteiger partial charge in [0.1, 0.15) is 18.3 Å². The lowest BCUT2D eigenvalue weighted by atomic mass is 9.42. The first kappa shape index (κ1) is 36.1. The van der Waals surface area contributed by atoms with Crippen molar-refractivity contribution in [1.29, 1.82) is 0 Å². The number of Topliss-reactive ketones (excluding diaryl/α,β-unsaturated/α-hetero) is 2. The van der Waals surface area contributed by atoms with Crippen LogP contribution in [0.2, 0.25) is 0 Å². The van der Waals surface area contributed by atoms with Crippen LogP contribution in [0, 0.1) is 22.7 Å². The third-order valence-electron chi connectivity index (χ3n) is 12.2. The summed E-state index contributed by atoms with van der Waals surface area (Å²) in [5, 5.41) is 48.0. The van der Waals surface area contributed by atoms with Crippen LogP contribution in [-0.4, -0.2) is 92.3 Å². The fourth-order valence-corrected chi connectivity index (χ4v) is 9.55. The minimum atomic E-state index is -2.01. The molecule has 6 rings (SSSR count). The molecule has 3 aliphatic carbocycles. The lowest BCUT2D eigenvalue weighted by Gasteiger charge is -2.68. The van der Waals surface area contributed by atoms with Crippen molar-refractivity contribution in [3.05, 3.63) is 82.9 Å². The minimum absolute atomic E-state index is 0.0301. The summed E-state index contributed by atoms with van der Waals surface area (Å²) < 4.78 is 17.8. The van der Waals surface area contributed by atoms with Crippen LogP contribution in [0.15, 0.2) is 71.8 Å². The second-order valence-electron chi connectivity index (χ2n) is 15.2. The monoisotopic (exact) mass is 690 g/mol. The van der Waals surface area contributed by atoms with Gasteiger partial charge < -0.3 is 34.6 Å². The molecule has 50 heavy (non-hydrogen) atoms. The van der Waals surface area contributed by atoms with Gasteiger partial charge in [0.2, 0.25) is 0 Å². The van der Waals surface area contributed by atoms with Crippen molar-refractivity contribution >= 4 is 23.5 Å². The fourth-order valence-electron chi connectivity index (χ4n) is 9.55. The largest absolute Gasteiger partial charge is 0.456 e. The Morgan fingerprint density at radius 3 is 2.20 bits per heavy atom. The number of benzene rings is 2. The Balaban J connectivity index is 1.52. The van der Waals surface area contributed by atoms with Crippen molar-refractivity contribution in [2.45, 2.75) is 102 Å². The number of carbonyl (C=O) groups is 4. The number of rotatable bonds is 8. The van der Waals surface area contributed by atoms with Gasteiger partial charge in [-0.1, -0.05) is 74.5 Å². The zero-order chi connectivity index (χ0) is 36.4. The van der Waals surface area contributed by atoms with E-state index in [0.29, 0.717) is 16.7 Å². The first-order valence-electron chi connectivity index (χ1n) is 17.1. The highest BCUT2D eigenvalue weighted by molar-refractivity contribution is 5.97. The molecule has 4 N–H and O–H groups in total. The number of fused-ring (bicyclic) bond motifs is 5. The van der Waals surface area contributed by atoms with E-state index in [1.807, 2.05) is 6.07 Å². The summed E-state index contributed by atoms with van der Waals surface area (Å²) >= 11 is 0. The molecule has 10 atom stereocenters. The lowest BCUT2D eigenvalue weighted by molar-refractivity contribution is -0.339. The first-order chi connectivity index (χ1) is 23.5. The van der Waals surface area contributed by atoms with Crippen molar-refractivity contribution in [3.8, 4) is 0 Å². The van der Waals surface area contributed by atoms with Gasteiger partial charge in [0, 0.05) is 55.4 Å². The van der Waals surface area contributed by atoms with E-state index < -0.39 is 82.1 Å². The Morgan fingerprint density at radius 2 is 1.62 bits per heavy atom. The average Bonchev–Trinajstić information content (AvgIpc) is 3.07. The number of esters is 2. The van der Waals surface area contributed by atoms with Crippen LogP contribution in [-0.2, 0) is 35.0 Å². The van der Waals surface area contributed by atoms with Gasteiger partial charge in [-0.05, 0) is 30.6 Å². The molecule has 1 saturated heterocycles. The summed E-state index contributed by atoms with van der Waals surface area (Å²) in [7, 11) is 0. The highest BCUT2D eigenvalue weighted by Crippen LogP contribution is 2.66. The van der Waals surface area contributed by atoms with Gasteiger partial charge in [-0.25, -0.2) is 4.79 Å². The summed E-state index contributed by atoms with van der Waals surface area (Å²) in [6.45, 7) is 7.49. The lowest BCUT2D eigenvalue weighted by Crippen LogP contribution is -2.80. The molecule has 3 fully saturated rings. The molecule has 2 unspecified atom stereocenters. The summed E-state index contributed by atoms with van der Waals surface area (Å²) in [4.78, 5) is 55.2. The van der Waals surface area contributed by atoms with Crippen LogP contribution in [0.25, 0.3) is 0 Å². The van der Waals surface area contributed by atoms with Crippen LogP contribution >= 0.6 is 0 Å². The Labute approximate surface area is 291 Å². The standard InChI is InChI=1S/C39H46O11/c1-21-28(49-35(46)27(42)16-23-12-8-6-9-13-23)19-39(47)25(17-26(41)24-14-10-7-11-15-24)33-37(5,34(45)32(44)31(21)36(39,3)4)29(43)18-30-38(33,20-48-30)50-22(2)40/h6-15,25,27-30,32-33,42-44,47H,16-20H2,1-5H3/t25?,27-,28+,29+,30-,32-,33?,37-,38+,39-/m1/s1. The van der Waals surface area contributed by atoms with E-state index in [1.54, 1.807) is 75.4 Å². The normalized spacial score (nSPS) is 36.5. The molecular weight excluding hydrogens is 644 g/mol. The highest BCUT2D eigenvalue weighted by Gasteiger charge is 2.76. The van der Waals surface area contributed by atoms with Crippen molar-refractivity contribution in [1.82, 2.24) is 0 Å². The minimum Gasteiger partial charge on any atom is -0.456 e. The molecule has 2 aromatic carbocycles. The van der Waals surface area contributed by atoms with Gasteiger partial charge in [-0.15, -0.1) is 0 Å². The van der Waals surface area contributed by atoms with E-state index in [0.717, 1.165) is 0 Å². The molecule has 11 nitrogen and oxygen atoms in total. The molecular formula is C39H46O11. The summed E-state index contributed by atoms with van der Waals surface area (Å²) in [5.74, 6) is -5.21. The highest BCUT2D eigenvalue weighted by atomic mass is 16.6. The molecule has 0 amide bonds. The van der Waals surface area contributed by atoms with E-state index in [-0.39, 0.29) is 43.6 Å². The molecule has 2 saturated carbocycles. The maximum atomic E-state index is 14.8. The fraction of sp³-hybridized carbons (Fsp3) is 0.538. The SMILES string of the molecule is CC(=O)O[C@@]12CO[C@@H]1C[C@H](O)[C@@]1(C)C(=O)[C@H](O)C3=C(C)[C@@H](OC(=O)[C@H](O)Cc4ccccc4)C[C@@](O)(C(CC(=O)c4ccccc4)C12)C3(C)C. The second kappa shape index (κ2) is 12.8. The Morgan fingerprint density at radius 1 is 1.00 bits per heavy atom. The molecule has 2 aromatic rings. The quantitative estimate of drug-likeness (QED) is 0.182. The summed E-state index contributed by atoms with van der Waals surface area (Å²) in [5.41, 5.74) is -5.32. The van der Waals surface area contributed by atoms with Gasteiger partial charge in [0.15, 0.2) is 23.3 Å². The second-order valence-corrected chi connectivity index (χ2v) is 15.2. The van der Waals surface area contributed by atoms with Gasteiger partial charge in [0.05, 0.1) is 23.7 Å². The molecule has 0 spiro atoms. The van der Waals surface area contributed by atoms with Crippen molar-refractivity contribution < 1.29 is 53.8 Å². The topological polar surface area (TPSA) is 177 Å². The summed E-state index contributed by atoms with van der Waals surface area (Å²) in [6, 6.07) is 17.3. The van der Waals surface area contributed by atoms with Gasteiger partial charge in [-0.3, -0.25) is 14.4 Å². The molecule has 268 valence electrons. The van der Waals surface area contributed by atoms with Crippen molar-refractivity contribution in [3.63, 3.8) is 0 Å². The number of aliphatic hydroxyl groups is 4. The van der Waals surface area contributed by atoms with E-state index in [9.17, 15) is 39.6 Å². The maximum absolute atomic E-state index is 14.8. The zero-order valence-electron chi connectivity index (χ0n) is 29.0. The zero-order valence-corrected chi connectivity index (χ0v) is 29.0. The number of hydrogen-bond donors (Lipinski definition) is 4. The Kier molecular flexibility index (Phi) is 9.23. The van der Waals surface area contributed by atoms with Crippen molar-refractivity contribution in [2.75, 3.05) is 6.61 Å². The molecule has 4 aliphatic rings. The third-order valence-corrected chi connectivity index (χ3v) is 12.2. The van der Waals surface area contributed by atoms with Crippen molar-refractivity contribution in [2.24, 2.45) is 22.7 Å². The van der Waals surface area contributed by atoms with Crippen LogP contribution in [0.1, 0.15) is 69.8 Å². The van der Waals surface area contributed by atoms with Gasteiger partial charge in [0.25, 0.3) is 0 Å². The smallest absolute Gasteiger partial charge is 0.335 e. The third kappa shape index (κ3) is 5.45. The van der Waals surface area contributed by atoms with E-state index >= 15 is 0 Å². The van der Waals surface area contributed by atoms with Crippen LogP contribution < -0.4 is 0 Å². The predicted molar refractivity (Wildman–Crippen MR) is 178 cm³/mol. The van der Waals surface area contributed by atoms with Gasteiger partial charge in [-0.2, -0.15) is 0 Å². The number of hydrogen-bond acceptors (Lipinski definition) is 11. The average molecular weight is 691 g/mol. The molecule has 1 heterocycles. The van der Waals surface area contributed by atoms with Crippen LogP contribution in [0.3, 0.4) is 0 Å². The molecule has 11 heteroatoms. The molecule has 2 bridgehead atoms. The Bertz CT molecular complexity index is 1700. The number of aliphatic hydroxyl groups excluding tert-OH is 3. The molecule has 0 radical (unpaired) electrons. The van der Waals surface area contributed by atoms with Crippen LogP contribution in [0.4, 0.5) is 0 Å². The predicted octanol–water partition coefficient (Wildman–Crippen LogP) is 2.90. The molecule has 1 aliphatic heterocycles. The van der Waals surface area contributed by atoms with E-state index in [2.05, 4.69) is 0 Å².